The largest absolute Gasteiger partial charge is 0.573 e. The number of halogens is 7. The molecule has 0 N–H and O–H groups in total. The summed E-state index contributed by atoms with van der Waals surface area (Å²) < 4.78 is 97.6. The van der Waals surface area contributed by atoms with Gasteiger partial charge in [0, 0.05) is 16.7 Å². The van der Waals surface area contributed by atoms with E-state index in [4.69, 9.17) is 0 Å². The minimum absolute atomic E-state index is 0.0204. The van der Waals surface area contributed by atoms with Gasteiger partial charge in [-0.05, 0) is 48.7 Å². The Morgan fingerprint density at radius 2 is 1.46 bits per heavy atom. The second-order valence-electron chi connectivity index (χ2n) is 7.57. The molecule has 0 spiro atoms. The highest BCUT2D eigenvalue weighted by molar-refractivity contribution is 5.83. The van der Waals surface area contributed by atoms with Crippen LogP contribution in [0, 0.1) is 23.5 Å². The first-order valence-electron chi connectivity index (χ1n) is 10.6. The van der Waals surface area contributed by atoms with Crippen LogP contribution in [-0.2, 0) is 6.42 Å². The molecule has 3 rings (SSSR count). The molecule has 0 bridgehead atoms. The third-order valence-corrected chi connectivity index (χ3v) is 4.94. The summed E-state index contributed by atoms with van der Waals surface area (Å²) in [5, 5.41) is 0. The topological polar surface area (TPSA) is 9.23 Å². The molecule has 0 aliphatic carbocycles. The van der Waals surface area contributed by atoms with Crippen LogP contribution in [0.15, 0.2) is 60.7 Å². The van der Waals surface area contributed by atoms with Crippen LogP contribution in [0.2, 0.25) is 0 Å². The van der Waals surface area contributed by atoms with Crippen LogP contribution in [-0.4, -0.2) is 6.36 Å². The van der Waals surface area contributed by atoms with Crippen molar-refractivity contribution in [2.45, 2.75) is 32.5 Å². The van der Waals surface area contributed by atoms with Gasteiger partial charge in [-0.1, -0.05) is 55.5 Å². The second kappa shape index (κ2) is 11.1. The number of hydrogen-bond donors (Lipinski definition) is 0. The van der Waals surface area contributed by atoms with E-state index in [-0.39, 0.29) is 22.3 Å². The van der Waals surface area contributed by atoms with Crippen molar-refractivity contribution in [1.29, 1.82) is 0 Å². The lowest BCUT2D eigenvalue weighted by atomic mass is 10.0. The van der Waals surface area contributed by atoms with E-state index < -0.39 is 35.4 Å². The zero-order chi connectivity index (χ0) is 25.6. The fraction of sp³-hybridized carbons (Fsp3) is 0.185. The van der Waals surface area contributed by atoms with Crippen molar-refractivity contribution in [1.82, 2.24) is 0 Å². The first-order valence-corrected chi connectivity index (χ1v) is 10.6. The number of benzene rings is 3. The highest BCUT2D eigenvalue weighted by Crippen LogP contribution is 2.30. The molecule has 1 nitrogen and oxygen atoms in total. The van der Waals surface area contributed by atoms with Crippen LogP contribution < -0.4 is 4.74 Å². The molecule has 0 fully saturated rings. The van der Waals surface area contributed by atoms with Gasteiger partial charge < -0.3 is 4.74 Å². The molecule has 0 saturated heterocycles. The zero-order valence-electron chi connectivity index (χ0n) is 18.4. The van der Waals surface area contributed by atoms with Gasteiger partial charge in [0.05, 0.1) is 5.56 Å². The molecule has 8 heteroatoms. The molecular formula is C27H19F7O. The van der Waals surface area contributed by atoms with Crippen molar-refractivity contribution in [2.24, 2.45) is 0 Å². The summed E-state index contributed by atoms with van der Waals surface area (Å²) in [5.41, 5.74) is 0.450. The van der Waals surface area contributed by atoms with Crippen LogP contribution in [0.25, 0.3) is 11.7 Å². The molecule has 3 aromatic carbocycles. The van der Waals surface area contributed by atoms with E-state index in [0.29, 0.717) is 6.07 Å². The Balaban J connectivity index is 1.79. The van der Waals surface area contributed by atoms with Gasteiger partial charge >= 0.3 is 6.36 Å². The minimum Gasteiger partial charge on any atom is -0.403 e. The van der Waals surface area contributed by atoms with Crippen LogP contribution in [0.3, 0.4) is 0 Å². The van der Waals surface area contributed by atoms with Gasteiger partial charge in [-0.25, -0.2) is 17.6 Å². The van der Waals surface area contributed by atoms with Crippen molar-refractivity contribution in [2.75, 3.05) is 0 Å². The Morgan fingerprint density at radius 1 is 0.800 bits per heavy atom. The minimum atomic E-state index is -5.06. The van der Waals surface area contributed by atoms with Gasteiger partial charge in [-0.3, -0.25) is 0 Å². The molecule has 182 valence electrons. The summed E-state index contributed by atoms with van der Waals surface area (Å²) in [6.45, 7) is 2.05. The lowest BCUT2D eigenvalue weighted by Gasteiger charge is -2.09. The fourth-order valence-corrected chi connectivity index (χ4v) is 3.13. The van der Waals surface area contributed by atoms with Crippen LogP contribution in [0.5, 0.6) is 5.75 Å². The van der Waals surface area contributed by atoms with Gasteiger partial charge in [0.1, 0.15) is 5.82 Å². The van der Waals surface area contributed by atoms with Crippen LogP contribution >= 0.6 is 0 Å². The smallest absolute Gasteiger partial charge is 0.403 e. The Morgan fingerprint density at radius 3 is 2.06 bits per heavy atom. The van der Waals surface area contributed by atoms with Gasteiger partial charge in [-0.15, -0.1) is 13.2 Å². The predicted molar refractivity (Wildman–Crippen MR) is 120 cm³/mol. The van der Waals surface area contributed by atoms with Crippen molar-refractivity contribution >= 4 is 11.7 Å². The summed E-state index contributed by atoms with van der Waals surface area (Å²) >= 11 is 0. The van der Waals surface area contributed by atoms with E-state index in [2.05, 4.69) is 23.5 Å². The maximum Gasteiger partial charge on any atom is 0.573 e. The average Bonchev–Trinajstić information content (AvgIpc) is 2.82. The first kappa shape index (κ1) is 25.9. The molecule has 3 aromatic rings. The average molecular weight is 492 g/mol. The number of ether oxygens (including phenoxy) is 1. The summed E-state index contributed by atoms with van der Waals surface area (Å²) in [6.07, 6.45) is -2.24. The van der Waals surface area contributed by atoms with Gasteiger partial charge in [0.25, 0.3) is 0 Å². The monoisotopic (exact) mass is 492 g/mol. The molecule has 0 saturated carbocycles. The number of rotatable bonds is 6. The number of hydrogen-bond acceptors (Lipinski definition) is 1. The Hall–Kier alpha value is -3.73. The Kier molecular flexibility index (Phi) is 8.23. The third-order valence-electron chi connectivity index (χ3n) is 4.94. The van der Waals surface area contributed by atoms with Crippen LogP contribution in [0.4, 0.5) is 30.7 Å². The first-order chi connectivity index (χ1) is 16.6. The van der Waals surface area contributed by atoms with Crippen LogP contribution in [0.1, 0.15) is 47.6 Å². The van der Waals surface area contributed by atoms with Crippen molar-refractivity contribution < 1.29 is 35.5 Å². The van der Waals surface area contributed by atoms with E-state index in [1.165, 1.54) is 12.1 Å². The lowest BCUT2D eigenvalue weighted by Crippen LogP contribution is -2.17. The van der Waals surface area contributed by atoms with Crippen molar-refractivity contribution in [3.05, 3.63) is 100 Å². The van der Waals surface area contributed by atoms with Crippen molar-refractivity contribution in [3.8, 4) is 17.6 Å². The van der Waals surface area contributed by atoms with Gasteiger partial charge in [0.15, 0.2) is 23.2 Å². The van der Waals surface area contributed by atoms with E-state index in [9.17, 15) is 30.7 Å². The fourth-order valence-electron chi connectivity index (χ4n) is 3.13. The summed E-state index contributed by atoms with van der Waals surface area (Å²) in [4.78, 5) is 0. The number of alkyl halides is 3. The van der Waals surface area contributed by atoms with E-state index in [1.54, 1.807) is 12.1 Å². The molecule has 0 aliphatic rings. The summed E-state index contributed by atoms with van der Waals surface area (Å²) in [7, 11) is 0. The van der Waals surface area contributed by atoms with Crippen molar-refractivity contribution in [3.63, 3.8) is 0 Å². The molecule has 35 heavy (non-hydrogen) atoms. The molecule has 0 aromatic heterocycles. The maximum absolute atomic E-state index is 14.6. The molecule has 0 amide bonds. The maximum atomic E-state index is 14.6. The summed E-state index contributed by atoms with van der Waals surface area (Å²) in [6, 6.07) is 11.9. The molecule has 0 radical (unpaired) electrons. The highest BCUT2D eigenvalue weighted by atomic mass is 19.4. The van der Waals surface area contributed by atoms with E-state index in [1.807, 2.05) is 0 Å². The van der Waals surface area contributed by atoms with E-state index in [0.717, 1.165) is 55.2 Å². The number of aryl methyl sites for hydroxylation is 1. The molecule has 0 atom stereocenters. The zero-order valence-corrected chi connectivity index (χ0v) is 18.4. The lowest BCUT2D eigenvalue weighted by molar-refractivity contribution is -0.275. The number of unbranched alkanes of at least 4 members (excludes halogenated alkanes) is 1. The Bertz CT molecular complexity index is 1280. The highest BCUT2D eigenvalue weighted by Gasteiger charge is 2.32. The predicted octanol–water partition coefficient (Wildman–Crippen LogP) is 8.37. The van der Waals surface area contributed by atoms with Gasteiger partial charge in [0.2, 0.25) is 0 Å². The molecular weight excluding hydrogens is 473 g/mol. The Labute approximate surface area is 197 Å². The standard InChI is InChI=1S/C27H19F7O/c1-2-3-4-17-5-10-20(11-6-17)25(30)26(31)21-13-12-19(22(28)16-21)9-7-18-8-14-24(23(29)15-18)35-27(32,33)34/h5-6,8,10-16H,2-4H2,1H3/b26-25+. The quantitative estimate of drug-likeness (QED) is 0.191. The normalized spacial score (nSPS) is 12.0. The SMILES string of the molecule is CCCCc1ccc(/C(F)=C(\F)c2ccc(C#Cc3ccc(OC(F)(F)F)c(F)c3)c(F)c2)cc1. The molecule has 0 aliphatic heterocycles. The summed E-state index contributed by atoms with van der Waals surface area (Å²) in [5.74, 6) is -0.873. The second-order valence-corrected chi connectivity index (χ2v) is 7.57. The van der Waals surface area contributed by atoms with E-state index >= 15 is 0 Å². The molecule has 0 heterocycles. The van der Waals surface area contributed by atoms with Gasteiger partial charge in [-0.2, -0.15) is 0 Å². The third kappa shape index (κ3) is 7.12. The molecule has 0 unspecified atom stereocenters.